The topological polar surface area (TPSA) is 35.6 Å². The number of nitrogens with one attached hydrogen (secondary N) is 1. The van der Waals surface area contributed by atoms with E-state index in [1.54, 1.807) is 0 Å². The van der Waals surface area contributed by atoms with Gasteiger partial charge in [0.05, 0.1) is 6.04 Å². The Morgan fingerprint density at radius 3 is 2.68 bits per heavy atom. The lowest BCUT2D eigenvalue weighted by Crippen LogP contribution is -2.51. The van der Waals surface area contributed by atoms with Gasteiger partial charge in [-0.1, -0.05) is 33.6 Å². The zero-order valence-electron chi connectivity index (χ0n) is 15.0. The van der Waals surface area contributed by atoms with E-state index in [-0.39, 0.29) is 11.5 Å². The predicted octanol–water partition coefficient (Wildman–Crippen LogP) is 2.49. The number of likely N-dealkylation sites (tertiary alicyclic amines) is 2. The summed E-state index contributed by atoms with van der Waals surface area (Å²) in [6.45, 7) is 11.0. The molecule has 2 aliphatic heterocycles. The van der Waals surface area contributed by atoms with Crippen LogP contribution >= 0.6 is 0 Å². The molecule has 128 valence electrons. The van der Waals surface area contributed by atoms with Gasteiger partial charge < -0.3 is 10.2 Å². The second kappa shape index (κ2) is 7.78. The van der Waals surface area contributed by atoms with E-state index in [4.69, 9.17) is 0 Å². The van der Waals surface area contributed by atoms with Crippen molar-refractivity contribution < 1.29 is 4.79 Å². The number of likely N-dealkylation sites (N-methyl/N-ethyl adjacent to an activating group) is 2. The molecule has 22 heavy (non-hydrogen) atoms. The average molecular weight is 309 g/mol. The summed E-state index contributed by atoms with van der Waals surface area (Å²) in [5.74, 6) is 0.313. The highest BCUT2D eigenvalue weighted by molar-refractivity contribution is 5.82. The molecule has 4 heteroatoms. The molecule has 0 spiro atoms. The number of nitrogens with zero attached hydrogens (tertiary/aromatic N) is 2. The van der Waals surface area contributed by atoms with Gasteiger partial charge >= 0.3 is 0 Å². The first-order chi connectivity index (χ1) is 10.5. The minimum absolute atomic E-state index is 0.00243. The largest absolute Gasteiger partial charge is 0.339 e. The third kappa shape index (κ3) is 4.45. The zero-order valence-corrected chi connectivity index (χ0v) is 15.0. The fraction of sp³-hybridized carbons (Fsp3) is 0.944. The number of hydrogen-bond acceptors (Lipinski definition) is 3. The summed E-state index contributed by atoms with van der Waals surface area (Å²) < 4.78 is 0. The van der Waals surface area contributed by atoms with E-state index in [9.17, 15) is 4.79 Å². The zero-order chi connectivity index (χ0) is 16.2. The summed E-state index contributed by atoms with van der Waals surface area (Å²) in [7, 11) is 1.92. The molecule has 0 aromatic rings. The van der Waals surface area contributed by atoms with E-state index in [0.29, 0.717) is 11.9 Å². The maximum atomic E-state index is 12.9. The SMILES string of the molecule is CCN1CCCCCC1CN1CC(C)(C)CCC(NC)C1=O. The molecule has 0 aliphatic carbocycles. The maximum absolute atomic E-state index is 12.9. The normalized spacial score (nSPS) is 30.9. The van der Waals surface area contributed by atoms with Crippen LogP contribution in [-0.2, 0) is 4.79 Å². The van der Waals surface area contributed by atoms with Crippen molar-refractivity contribution in [2.24, 2.45) is 5.41 Å². The molecule has 0 radical (unpaired) electrons. The lowest BCUT2D eigenvalue weighted by molar-refractivity contribution is -0.134. The Bertz CT molecular complexity index is 369. The second-order valence-corrected chi connectivity index (χ2v) is 7.89. The van der Waals surface area contributed by atoms with E-state index in [1.165, 1.54) is 32.2 Å². The predicted molar refractivity (Wildman–Crippen MR) is 91.9 cm³/mol. The van der Waals surface area contributed by atoms with Gasteiger partial charge in [-0.05, 0) is 51.2 Å². The van der Waals surface area contributed by atoms with Gasteiger partial charge in [0.25, 0.3) is 0 Å². The molecule has 1 N–H and O–H groups in total. The van der Waals surface area contributed by atoms with Crippen LogP contribution in [0.4, 0.5) is 0 Å². The number of hydrogen-bond donors (Lipinski definition) is 1. The Morgan fingerprint density at radius 1 is 1.23 bits per heavy atom. The standard InChI is InChI=1S/C18H35N3O/c1-5-20-12-8-6-7-9-15(20)13-21-14-18(2,3)11-10-16(19-4)17(21)22/h15-16,19H,5-14H2,1-4H3. The highest BCUT2D eigenvalue weighted by atomic mass is 16.2. The number of carbonyl (C=O) groups is 1. The molecule has 2 unspecified atom stereocenters. The van der Waals surface area contributed by atoms with Crippen LogP contribution in [0.2, 0.25) is 0 Å². The van der Waals surface area contributed by atoms with Crippen LogP contribution < -0.4 is 5.32 Å². The molecule has 0 aromatic heterocycles. The van der Waals surface area contributed by atoms with Gasteiger partial charge in [-0.3, -0.25) is 9.69 Å². The van der Waals surface area contributed by atoms with Crippen molar-refractivity contribution in [2.75, 3.05) is 33.2 Å². The monoisotopic (exact) mass is 309 g/mol. The molecule has 2 aliphatic rings. The van der Waals surface area contributed by atoms with Crippen molar-refractivity contribution in [3.63, 3.8) is 0 Å². The van der Waals surface area contributed by atoms with Gasteiger partial charge in [0, 0.05) is 19.1 Å². The van der Waals surface area contributed by atoms with Crippen LogP contribution in [0.15, 0.2) is 0 Å². The van der Waals surface area contributed by atoms with Gasteiger partial charge in [-0.2, -0.15) is 0 Å². The second-order valence-electron chi connectivity index (χ2n) is 7.89. The fourth-order valence-corrected chi connectivity index (χ4v) is 4.09. The molecule has 1 amide bonds. The van der Waals surface area contributed by atoms with Crippen LogP contribution in [0.3, 0.4) is 0 Å². The summed E-state index contributed by atoms with van der Waals surface area (Å²) >= 11 is 0. The summed E-state index contributed by atoms with van der Waals surface area (Å²) in [5, 5.41) is 3.23. The summed E-state index contributed by atoms with van der Waals surface area (Å²) in [4.78, 5) is 17.6. The highest BCUT2D eigenvalue weighted by Crippen LogP contribution is 2.29. The number of rotatable bonds is 4. The van der Waals surface area contributed by atoms with Crippen molar-refractivity contribution in [1.29, 1.82) is 0 Å². The third-order valence-electron chi connectivity index (χ3n) is 5.52. The molecule has 0 saturated carbocycles. The van der Waals surface area contributed by atoms with Crippen LogP contribution in [-0.4, -0.2) is 61.0 Å². The smallest absolute Gasteiger partial charge is 0.239 e. The van der Waals surface area contributed by atoms with Gasteiger partial charge in [0.15, 0.2) is 0 Å². The minimum Gasteiger partial charge on any atom is -0.339 e. The molecule has 4 nitrogen and oxygen atoms in total. The van der Waals surface area contributed by atoms with Crippen LogP contribution in [0.5, 0.6) is 0 Å². The molecule has 2 heterocycles. The third-order valence-corrected chi connectivity index (χ3v) is 5.52. The first kappa shape index (κ1) is 17.7. The Balaban J connectivity index is 2.10. The van der Waals surface area contributed by atoms with Gasteiger partial charge in [-0.15, -0.1) is 0 Å². The van der Waals surface area contributed by atoms with Crippen molar-refractivity contribution in [3.05, 3.63) is 0 Å². The summed E-state index contributed by atoms with van der Waals surface area (Å²) in [6, 6.07) is 0.547. The van der Waals surface area contributed by atoms with E-state index < -0.39 is 0 Å². The average Bonchev–Trinajstić information content (AvgIpc) is 2.76. The minimum atomic E-state index is 0.00243. The Hall–Kier alpha value is -0.610. The number of carbonyl (C=O) groups excluding carboxylic acids is 1. The Labute approximate surface area is 136 Å². The van der Waals surface area contributed by atoms with Crippen molar-refractivity contribution in [1.82, 2.24) is 15.1 Å². The Kier molecular flexibility index (Phi) is 6.27. The fourth-order valence-electron chi connectivity index (χ4n) is 4.09. The van der Waals surface area contributed by atoms with Crippen LogP contribution in [0.25, 0.3) is 0 Å². The Morgan fingerprint density at radius 2 is 2.00 bits per heavy atom. The molecule has 2 saturated heterocycles. The first-order valence-corrected chi connectivity index (χ1v) is 9.17. The maximum Gasteiger partial charge on any atom is 0.239 e. The molecule has 0 aromatic carbocycles. The lowest BCUT2D eigenvalue weighted by Gasteiger charge is -2.36. The van der Waals surface area contributed by atoms with Gasteiger partial charge in [0.2, 0.25) is 5.91 Å². The van der Waals surface area contributed by atoms with E-state index in [2.05, 4.69) is 35.9 Å². The van der Waals surface area contributed by atoms with E-state index in [0.717, 1.165) is 32.5 Å². The highest BCUT2D eigenvalue weighted by Gasteiger charge is 2.35. The van der Waals surface area contributed by atoms with Gasteiger partial charge in [-0.25, -0.2) is 0 Å². The number of amides is 1. The van der Waals surface area contributed by atoms with Crippen LogP contribution in [0, 0.1) is 5.41 Å². The van der Waals surface area contributed by atoms with E-state index in [1.807, 2.05) is 7.05 Å². The molecule has 2 fully saturated rings. The van der Waals surface area contributed by atoms with Crippen molar-refractivity contribution in [2.45, 2.75) is 71.4 Å². The quantitative estimate of drug-likeness (QED) is 0.866. The summed E-state index contributed by atoms with van der Waals surface area (Å²) in [6.07, 6.45) is 7.27. The van der Waals surface area contributed by atoms with Crippen molar-refractivity contribution >= 4 is 5.91 Å². The van der Waals surface area contributed by atoms with Gasteiger partial charge in [0.1, 0.15) is 0 Å². The van der Waals surface area contributed by atoms with Crippen molar-refractivity contribution in [3.8, 4) is 0 Å². The molecule has 2 rings (SSSR count). The first-order valence-electron chi connectivity index (χ1n) is 9.17. The van der Waals surface area contributed by atoms with Crippen LogP contribution in [0.1, 0.15) is 59.3 Å². The molecular formula is C18H35N3O. The molecule has 2 atom stereocenters. The van der Waals surface area contributed by atoms with E-state index >= 15 is 0 Å². The molecule has 0 bridgehead atoms. The summed E-state index contributed by atoms with van der Waals surface area (Å²) in [5.41, 5.74) is 0.225. The molecular weight excluding hydrogens is 274 g/mol. The lowest BCUT2D eigenvalue weighted by atomic mass is 9.87.